The Morgan fingerprint density at radius 1 is 1.33 bits per heavy atom. The summed E-state index contributed by atoms with van der Waals surface area (Å²) in [5.74, 6) is -0.598. The number of nitrogen functional groups attached to an aromatic ring is 1. The smallest absolute Gasteiger partial charge is 0.238 e. The molecule has 1 aromatic rings. The number of nitrogens with two attached hydrogens (primary N) is 1. The molecule has 0 unspecified atom stereocenters. The summed E-state index contributed by atoms with van der Waals surface area (Å²) in [6.07, 6.45) is 1.01. The molecule has 118 valence electrons. The van der Waals surface area contributed by atoms with E-state index in [2.05, 4.69) is 15.1 Å². The van der Waals surface area contributed by atoms with Crippen LogP contribution >= 0.6 is 0 Å². The highest BCUT2D eigenvalue weighted by molar-refractivity contribution is 5.92. The lowest BCUT2D eigenvalue weighted by atomic mass is 10.2. The molecule has 0 saturated heterocycles. The van der Waals surface area contributed by atoms with E-state index in [0.717, 1.165) is 26.1 Å². The molecule has 21 heavy (non-hydrogen) atoms. The number of hydrogen-bond donors (Lipinski definition) is 2. The fraction of sp³-hybridized carbons (Fsp3) is 0.533. The van der Waals surface area contributed by atoms with Gasteiger partial charge < -0.3 is 16.0 Å². The lowest BCUT2D eigenvalue weighted by Crippen LogP contribution is -2.34. The van der Waals surface area contributed by atoms with Crippen molar-refractivity contribution in [1.82, 2.24) is 9.80 Å². The van der Waals surface area contributed by atoms with Gasteiger partial charge in [-0.25, -0.2) is 4.39 Å². The average Bonchev–Trinajstić information content (AvgIpc) is 2.41. The first-order chi connectivity index (χ1) is 9.92. The molecule has 0 aromatic heterocycles. The summed E-state index contributed by atoms with van der Waals surface area (Å²) in [6.45, 7) is 5.02. The summed E-state index contributed by atoms with van der Waals surface area (Å²) in [5, 5.41) is 2.74. The number of halogens is 1. The van der Waals surface area contributed by atoms with Crippen LogP contribution < -0.4 is 11.1 Å². The number of nitrogens with zero attached hydrogens (tertiary/aromatic N) is 2. The summed E-state index contributed by atoms with van der Waals surface area (Å²) in [6, 6.07) is 4.18. The lowest BCUT2D eigenvalue weighted by molar-refractivity contribution is -0.117. The molecule has 1 aromatic carbocycles. The minimum absolute atomic E-state index is 0.0335. The summed E-state index contributed by atoms with van der Waals surface area (Å²) in [7, 11) is 4.06. The Morgan fingerprint density at radius 3 is 2.62 bits per heavy atom. The molecule has 0 saturated carbocycles. The molecule has 0 spiro atoms. The highest BCUT2D eigenvalue weighted by Gasteiger charge is 2.10. The SMILES string of the molecule is CCN(CCCN(C)C)CC(=O)Nc1ccc(F)c(N)c1. The Bertz CT molecular complexity index is 465. The lowest BCUT2D eigenvalue weighted by Gasteiger charge is -2.20. The zero-order valence-electron chi connectivity index (χ0n) is 13.0. The second-order valence-electron chi connectivity index (χ2n) is 5.31. The quantitative estimate of drug-likeness (QED) is 0.716. The fourth-order valence-electron chi connectivity index (χ4n) is 1.98. The zero-order chi connectivity index (χ0) is 15.8. The van der Waals surface area contributed by atoms with Crippen LogP contribution in [0.4, 0.5) is 15.8 Å². The van der Waals surface area contributed by atoms with Gasteiger partial charge in [-0.2, -0.15) is 0 Å². The Morgan fingerprint density at radius 2 is 2.05 bits per heavy atom. The highest BCUT2D eigenvalue weighted by Crippen LogP contribution is 2.16. The van der Waals surface area contributed by atoms with Crippen LogP contribution in [0.25, 0.3) is 0 Å². The molecule has 1 rings (SSSR count). The largest absolute Gasteiger partial charge is 0.396 e. The summed E-state index contributed by atoms with van der Waals surface area (Å²) < 4.78 is 13.1. The molecular formula is C15H25FN4O. The van der Waals surface area contributed by atoms with Crippen molar-refractivity contribution in [3.05, 3.63) is 24.0 Å². The van der Waals surface area contributed by atoms with Gasteiger partial charge in [0.05, 0.1) is 12.2 Å². The van der Waals surface area contributed by atoms with Gasteiger partial charge >= 0.3 is 0 Å². The zero-order valence-corrected chi connectivity index (χ0v) is 13.0. The van der Waals surface area contributed by atoms with Crippen molar-refractivity contribution in [2.75, 3.05) is 51.3 Å². The molecule has 0 aliphatic rings. The van der Waals surface area contributed by atoms with Crippen LogP contribution in [0.1, 0.15) is 13.3 Å². The Hall–Kier alpha value is -1.66. The molecule has 0 atom stereocenters. The van der Waals surface area contributed by atoms with E-state index in [0.29, 0.717) is 12.2 Å². The molecule has 3 N–H and O–H groups in total. The molecule has 0 heterocycles. The minimum Gasteiger partial charge on any atom is -0.396 e. The first-order valence-electron chi connectivity index (χ1n) is 7.14. The molecule has 0 radical (unpaired) electrons. The van der Waals surface area contributed by atoms with Crippen LogP contribution in [0.2, 0.25) is 0 Å². The van der Waals surface area contributed by atoms with Crippen molar-refractivity contribution in [3.63, 3.8) is 0 Å². The van der Waals surface area contributed by atoms with Crippen molar-refractivity contribution in [1.29, 1.82) is 0 Å². The van der Waals surface area contributed by atoms with Crippen LogP contribution in [-0.4, -0.2) is 56.0 Å². The number of hydrogen-bond acceptors (Lipinski definition) is 4. The first kappa shape index (κ1) is 17.4. The molecule has 6 heteroatoms. The van der Waals surface area contributed by atoms with E-state index in [4.69, 9.17) is 5.73 Å². The number of anilines is 2. The van der Waals surface area contributed by atoms with Gasteiger partial charge in [0, 0.05) is 5.69 Å². The van der Waals surface area contributed by atoms with Gasteiger partial charge in [0.25, 0.3) is 0 Å². The van der Waals surface area contributed by atoms with Crippen molar-refractivity contribution in [2.45, 2.75) is 13.3 Å². The second kappa shape index (κ2) is 8.59. The van der Waals surface area contributed by atoms with Crippen molar-refractivity contribution in [2.24, 2.45) is 0 Å². The number of rotatable bonds is 8. The van der Waals surface area contributed by atoms with Crippen LogP contribution in [-0.2, 0) is 4.79 Å². The van der Waals surface area contributed by atoms with E-state index in [1.165, 1.54) is 18.2 Å². The number of carbonyl (C=O) groups is 1. The van der Waals surface area contributed by atoms with E-state index in [1.807, 2.05) is 21.0 Å². The number of likely N-dealkylation sites (N-methyl/N-ethyl adjacent to an activating group) is 1. The van der Waals surface area contributed by atoms with Crippen LogP contribution in [0.15, 0.2) is 18.2 Å². The molecule has 0 aliphatic heterocycles. The maximum atomic E-state index is 13.1. The Kier molecular flexibility index (Phi) is 7.11. The maximum Gasteiger partial charge on any atom is 0.238 e. The summed E-state index contributed by atoms with van der Waals surface area (Å²) in [5.41, 5.74) is 6.03. The van der Waals surface area contributed by atoms with Gasteiger partial charge in [-0.3, -0.25) is 9.69 Å². The van der Waals surface area contributed by atoms with Crippen LogP contribution in [0, 0.1) is 5.82 Å². The Labute approximate surface area is 125 Å². The van der Waals surface area contributed by atoms with E-state index in [9.17, 15) is 9.18 Å². The standard InChI is InChI=1S/C15H25FN4O/c1-4-20(9-5-8-19(2)3)11-15(21)18-12-6-7-13(16)14(17)10-12/h6-7,10H,4-5,8-9,11,17H2,1-3H3,(H,18,21). The van der Waals surface area contributed by atoms with E-state index >= 15 is 0 Å². The van der Waals surface area contributed by atoms with Gasteiger partial charge in [-0.1, -0.05) is 6.92 Å². The topological polar surface area (TPSA) is 61.6 Å². The first-order valence-corrected chi connectivity index (χ1v) is 7.14. The summed E-state index contributed by atoms with van der Waals surface area (Å²) >= 11 is 0. The van der Waals surface area contributed by atoms with E-state index < -0.39 is 5.82 Å². The normalized spacial score (nSPS) is 11.1. The van der Waals surface area contributed by atoms with Crippen molar-refractivity contribution in [3.8, 4) is 0 Å². The minimum atomic E-state index is -0.480. The van der Waals surface area contributed by atoms with Crippen LogP contribution in [0.5, 0.6) is 0 Å². The molecule has 0 fully saturated rings. The van der Waals surface area contributed by atoms with Crippen molar-refractivity contribution < 1.29 is 9.18 Å². The van der Waals surface area contributed by atoms with Gasteiger partial charge in [0.15, 0.2) is 0 Å². The van der Waals surface area contributed by atoms with Gasteiger partial charge in [0.2, 0.25) is 5.91 Å². The molecule has 0 aliphatic carbocycles. The van der Waals surface area contributed by atoms with Gasteiger partial charge in [0.1, 0.15) is 5.82 Å². The summed E-state index contributed by atoms with van der Waals surface area (Å²) in [4.78, 5) is 16.2. The highest BCUT2D eigenvalue weighted by atomic mass is 19.1. The predicted octanol–water partition coefficient (Wildman–Crippen LogP) is 1.62. The van der Waals surface area contributed by atoms with E-state index in [1.54, 1.807) is 0 Å². The predicted molar refractivity (Wildman–Crippen MR) is 84.7 cm³/mol. The number of nitrogens with one attached hydrogen (secondary N) is 1. The van der Waals surface area contributed by atoms with Crippen LogP contribution in [0.3, 0.4) is 0 Å². The maximum absolute atomic E-state index is 13.1. The molecule has 5 nitrogen and oxygen atoms in total. The molecule has 0 bridgehead atoms. The van der Waals surface area contributed by atoms with Crippen molar-refractivity contribution >= 4 is 17.3 Å². The Balaban J connectivity index is 2.44. The second-order valence-corrected chi connectivity index (χ2v) is 5.31. The third-order valence-electron chi connectivity index (χ3n) is 3.17. The molecular weight excluding hydrogens is 271 g/mol. The third kappa shape index (κ3) is 6.55. The average molecular weight is 296 g/mol. The molecule has 1 amide bonds. The number of carbonyl (C=O) groups excluding carboxylic acids is 1. The van der Waals surface area contributed by atoms with Gasteiger partial charge in [-0.15, -0.1) is 0 Å². The third-order valence-corrected chi connectivity index (χ3v) is 3.17. The van der Waals surface area contributed by atoms with E-state index in [-0.39, 0.29) is 11.6 Å². The fourth-order valence-corrected chi connectivity index (χ4v) is 1.98. The monoisotopic (exact) mass is 296 g/mol. The number of amides is 1. The number of benzene rings is 1. The van der Waals surface area contributed by atoms with Gasteiger partial charge in [-0.05, 0) is 58.3 Å².